The third kappa shape index (κ3) is 3.24. The van der Waals surface area contributed by atoms with Crippen LogP contribution in [0.1, 0.15) is 11.1 Å². The number of aryl methyl sites for hydroxylation is 1. The van der Waals surface area contributed by atoms with E-state index in [1.165, 1.54) is 0 Å². The minimum atomic E-state index is -0.412. The monoisotopic (exact) mass is 415 g/mol. The van der Waals surface area contributed by atoms with Gasteiger partial charge in [0.15, 0.2) is 5.58 Å². The van der Waals surface area contributed by atoms with Crippen molar-refractivity contribution in [3.8, 4) is 5.75 Å². The van der Waals surface area contributed by atoms with Crippen LogP contribution in [0.4, 0.5) is 0 Å². The summed E-state index contributed by atoms with van der Waals surface area (Å²) in [5.74, 6) is 0.353. The molecule has 0 saturated carbocycles. The van der Waals surface area contributed by atoms with Gasteiger partial charge in [-0.1, -0.05) is 30.3 Å². The summed E-state index contributed by atoms with van der Waals surface area (Å²) in [5, 5.41) is 0.684. The second kappa shape index (κ2) is 7.36. The molecular formula is C24H21N3O4. The zero-order valence-corrected chi connectivity index (χ0v) is 17.2. The molecule has 0 spiro atoms. The minimum absolute atomic E-state index is 0.0447. The molecule has 0 amide bonds. The number of fused-ring (bicyclic) bond motifs is 2. The van der Waals surface area contributed by atoms with Crippen molar-refractivity contribution >= 4 is 22.0 Å². The van der Waals surface area contributed by atoms with Gasteiger partial charge in [0, 0.05) is 7.05 Å². The van der Waals surface area contributed by atoms with Gasteiger partial charge >= 0.3 is 5.76 Å². The van der Waals surface area contributed by atoms with Gasteiger partial charge in [0.25, 0.3) is 5.56 Å². The number of para-hydroxylation sites is 1. The van der Waals surface area contributed by atoms with Gasteiger partial charge in [0.2, 0.25) is 0 Å². The molecule has 156 valence electrons. The van der Waals surface area contributed by atoms with E-state index in [9.17, 15) is 9.59 Å². The van der Waals surface area contributed by atoms with Gasteiger partial charge < -0.3 is 9.15 Å². The molecule has 5 aromatic rings. The van der Waals surface area contributed by atoms with Gasteiger partial charge in [0.1, 0.15) is 5.75 Å². The lowest BCUT2D eigenvalue weighted by molar-refractivity contribution is 0.414. The molecule has 2 heterocycles. The maximum absolute atomic E-state index is 12.8. The van der Waals surface area contributed by atoms with E-state index >= 15 is 0 Å². The van der Waals surface area contributed by atoms with Crippen molar-refractivity contribution in [3.05, 3.63) is 98.8 Å². The maximum atomic E-state index is 12.8. The van der Waals surface area contributed by atoms with Crippen molar-refractivity contribution in [2.75, 3.05) is 7.11 Å². The molecule has 7 nitrogen and oxygen atoms in total. The molecule has 0 aliphatic rings. The molecule has 5 rings (SSSR count). The lowest BCUT2D eigenvalue weighted by Crippen LogP contribution is -2.22. The first-order valence-corrected chi connectivity index (χ1v) is 9.95. The van der Waals surface area contributed by atoms with E-state index in [1.807, 2.05) is 78.5 Å². The van der Waals surface area contributed by atoms with Crippen LogP contribution in [0, 0.1) is 0 Å². The normalized spacial score (nSPS) is 11.4. The summed E-state index contributed by atoms with van der Waals surface area (Å²) in [5.41, 5.74) is 3.90. The summed E-state index contributed by atoms with van der Waals surface area (Å²) in [6, 6.07) is 20.7. The third-order valence-electron chi connectivity index (χ3n) is 5.64. The van der Waals surface area contributed by atoms with E-state index in [1.54, 1.807) is 16.4 Å². The number of aromatic nitrogens is 3. The van der Waals surface area contributed by atoms with Crippen molar-refractivity contribution < 1.29 is 9.15 Å². The van der Waals surface area contributed by atoms with E-state index in [0.29, 0.717) is 29.6 Å². The molecular weight excluding hydrogens is 394 g/mol. The molecule has 0 fully saturated rings. The van der Waals surface area contributed by atoms with Crippen molar-refractivity contribution in [2.24, 2.45) is 7.05 Å². The number of oxazole rings is 1. The Morgan fingerprint density at radius 1 is 0.871 bits per heavy atom. The van der Waals surface area contributed by atoms with Crippen molar-refractivity contribution in [2.45, 2.75) is 13.1 Å². The van der Waals surface area contributed by atoms with Gasteiger partial charge in [-0.2, -0.15) is 0 Å². The van der Waals surface area contributed by atoms with Crippen LogP contribution < -0.4 is 16.1 Å². The topological polar surface area (TPSA) is 71.3 Å². The Labute approximate surface area is 177 Å². The minimum Gasteiger partial charge on any atom is -0.497 e. The Bertz CT molecular complexity index is 1520. The second-order valence-corrected chi connectivity index (χ2v) is 7.51. The predicted octanol–water partition coefficient (Wildman–Crippen LogP) is 3.35. The SMILES string of the molecule is COc1ccc(Cn2c(=O)oc3cc(Cn4c(=O)c5ccccc5n4C)ccc32)cc1. The first-order valence-electron chi connectivity index (χ1n) is 9.95. The van der Waals surface area contributed by atoms with Gasteiger partial charge in [-0.25, -0.2) is 9.48 Å². The highest BCUT2D eigenvalue weighted by Crippen LogP contribution is 2.19. The predicted molar refractivity (Wildman–Crippen MR) is 119 cm³/mol. The first kappa shape index (κ1) is 19.0. The van der Waals surface area contributed by atoms with Crippen LogP contribution in [0.3, 0.4) is 0 Å². The summed E-state index contributed by atoms with van der Waals surface area (Å²) < 4.78 is 15.8. The highest BCUT2D eigenvalue weighted by Gasteiger charge is 2.13. The van der Waals surface area contributed by atoms with Gasteiger partial charge in [0.05, 0.1) is 36.6 Å². The summed E-state index contributed by atoms with van der Waals surface area (Å²) in [6.07, 6.45) is 0. The second-order valence-electron chi connectivity index (χ2n) is 7.51. The fourth-order valence-electron chi connectivity index (χ4n) is 3.97. The number of ether oxygens (including phenoxy) is 1. The van der Waals surface area contributed by atoms with Crippen molar-refractivity contribution in [3.63, 3.8) is 0 Å². The van der Waals surface area contributed by atoms with Gasteiger partial charge in [-0.15, -0.1) is 0 Å². The molecule has 3 aromatic carbocycles. The molecule has 0 aliphatic carbocycles. The highest BCUT2D eigenvalue weighted by molar-refractivity contribution is 5.78. The van der Waals surface area contributed by atoms with Crippen LogP contribution in [-0.2, 0) is 20.1 Å². The average molecular weight is 415 g/mol. The largest absolute Gasteiger partial charge is 0.497 e. The Morgan fingerprint density at radius 2 is 1.61 bits per heavy atom. The molecule has 0 N–H and O–H groups in total. The number of nitrogens with zero attached hydrogens (tertiary/aromatic N) is 3. The molecule has 0 radical (unpaired) electrons. The molecule has 2 aromatic heterocycles. The smallest absolute Gasteiger partial charge is 0.420 e. The summed E-state index contributed by atoms with van der Waals surface area (Å²) in [6.45, 7) is 0.783. The first-order chi connectivity index (χ1) is 15.0. The average Bonchev–Trinajstić information content (AvgIpc) is 3.23. The Hall–Kier alpha value is -4.00. The zero-order valence-electron chi connectivity index (χ0n) is 17.2. The van der Waals surface area contributed by atoms with Crippen molar-refractivity contribution in [1.29, 1.82) is 0 Å². The van der Waals surface area contributed by atoms with Crippen molar-refractivity contribution in [1.82, 2.24) is 13.9 Å². The number of methoxy groups -OCH3 is 1. The number of hydrogen-bond donors (Lipinski definition) is 0. The Balaban J connectivity index is 1.49. The van der Waals surface area contributed by atoms with Crippen LogP contribution in [0.15, 0.2) is 80.7 Å². The Morgan fingerprint density at radius 3 is 2.35 bits per heavy atom. The summed E-state index contributed by atoms with van der Waals surface area (Å²) in [4.78, 5) is 25.3. The fourth-order valence-corrected chi connectivity index (χ4v) is 3.97. The summed E-state index contributed by atoms with van der Waals surface area (Å²) >= 11 is 0. The van der Waals surface area contributed by atoms with Crippen LogP contribution >= 0.6 is 0 Å². The van der Waals surface area contributed by atoms with Crippen LogP contribution in [0.5, 0.6) is 5.75 Å². The van der Waals surface area contributed by atoms with Gasteiger partial charge in [-0.3, -0.25) is 14.0 Å². The lowest BCUT2D eigenvalue weighted by atomic mass is 10.2. The van der Waals surface area contributed by atoms with E-state index in [-0.39, 0.29) is 5.56 Å². The number of rotatable bonds is 5. The molecule has 0 aliphatic heterocycles. The van der Waals surface area contributed by atoms with Gasteiger partial charge in [-0.05, 0) is 47.5 Å². The molecule has 0 saturated heterocycles. The highest BCUT2D eigenvalue weighted by atomic mass is 16.5. The Kier molecular flexibility index (Phi) is 4.51. The molecule has 7 heteroatoms. The maximum Gasteiger partial charge on any atom is 0.420 e. The quantitative estimate of drug-likeness (QED) is 0.441. The molecule has 0 atom stereocenters. The number of hydrogen-bond acceptors (Lipinski definition) is 4. The molecule has 0 bridgehead atoms. The van der Waals surface area contributed by atoms with Crippen LogP contribution in [0.2, 0.25) is 0 Å². The van der Waals surface area contributed by atoms with E-state index in [4.69, 9.17) is 9.15 Å². The molecule has 31 heavy (non-hydrogen) atoms. The zero-order chi connectivity index (χ0) is 21.5. The van der Waals surface area contributed by atoms with Crippen LogP contribution in [0.25, 0.3) is 22.0 Å². The third-order valence-corrected chi connectivity index (χ3v) is 5.64. The fraction of sp³-hybridized carbons (Fsp3) is 0.167. The molecule has 0 unspecified atom stereocenters. The van der Waals surface area contributed by atoms with Crippen LogP contribution in [-0.4, -0.2) is 21.0 Å². The lowest BCUT2D eigenvalue weighted by Gasteiger charge is -2.08. The standard InChI is InChI=1S/C24H21N3O4/c1-25-20-6-4-3-5-19(20)23(28)27(25)15-17-9-12-21-22(13-17)31-24(29)26(21)14-16-7-10-18(30-2)11-8-16/h3-13H,14-15H2,1-2H3. The number of benzene rings is 3. The summed E-state index contributed by atoms with van der Waals surface area (Å²) in [7, 11) is 3.49. The van der Waals surface area contributed by atoms with E-state index in [0.717, 1.165) is 22.4 Å². The van der Waals surface area contributed by atoms with E-state index in [2.05, 4.69) is 0 Å². The van der Waals surface area contributed by atoms with E-state index < -0.39 is 5.76 Å².